The Morgan fingerprint density at radius 3 is 2.46 bits per heavy atom. The van der Waals surface area contributed by atoms with Crippen LogP contribution in [0.25, 0.3) is 0 Å². The van der Waals surface area contributed by atoms with Crippen LogP contribution >= 0.6 is 11.8 Å². The number of carbonyl (C=O) groups is 3. The highest BCUT2D eigenvalue weighted by atomic mass is 32.2. The molecule has 1 fully saturated rings. The van der Waals surface area contributed by atoms with E-state index in [9.17, 15) is 14.4 Å². The molecule has 1 N–H and O–H groups in total. The molecule has 1 heterocycles. The van der Waals surface area contributed by atoms with Crippen LogP contribution in [0.2, 0.25) is 0 Å². The van der Waals surface area contributed by atoms with Gasteiger partial charge in [-0.15, -0.1) is 11.8 Å². The molecular weight excluding hydrogens is 328 g/mol. The third-order valence-corrected chi connectivity index (χ3v) is 5.13. The number of rotatable bonds is 4. The standard InChI is InChI=1S/C17H22N2O4S/c1-10(2)18(4)16(21)14-8-24-9-19(14)15(20)12-5-11(3)6-13(7-12)17(22)23/h5-7,10,14H,8-9H2,1-4H3,(H,22,23). The van der Waals surface area contributed by atoms with Gasteiger partial charge in [-0.05, 0) is 44.5 Å². The van der Waals surface area contributed by atoms with Gasteiger partial charge in [0.05, 0.1) is 11.4 Å². The number of carboxylic acid groups (broad SMARTS) is 1. The van der Waals surface area contributed by atoms with Crippen LogP contribution < -0.4 is 0 Å². The van der Waals surface area contributed by atoms with Crippen molar-refractivity contribution in [2.45, 2.75) is 32.9 Å². The zero-order valence-corrected chi connectivity index (χ0v) is 15.1. The van der Waals surface area contributed by atoms with E-state index in [4.69, 9.17) is 5.11 Å². The lowest BCUT2D eigenvalue weighted by Gasteiger charge is -2.29. The SMILES string of the molecule is Cc1cc(C(=O)O)cc(C(=O)N2CSCC2C(=O)N(C)C(C)C)c1. The van der Waals surface area contributed by atoms with Gasteiger partial charge in [0.2, 0.25) is 5.91 Å². The number of carboxylic acids is 1. The first-order chi connectivity index (χ1) is 11.2. The summed E-state index contributed by atoms with van der Waals surface area (Å²) in [4.78, 5) is 39.8. The van der Waals surface area contributed by atoms with E-state index in [1.807, 2.05) is 13.8 Å². The Bertz CT molecular complexity index is 675. The Morgan fingerprint density at radius 2 is 1.88 bits per heavy atom. The molecule has 24 heavy (non-hydrogen) atoms. The van der Waals surface area contributed by atoms with Crippen LogP contribution in [0.5, 0.6) is 0 Å². The van der Waals surface area contributed by atoms with Gasteiger partial charge < -0.3 is 14.9 Å². The zero-order chi connectivity index (χ0) is 18.0. The van der Waals surface area contributed by atoms with Gasteiger partial charge in [0.1, 0.15) is 6.04 Å². The molecular formula is C17H22N2O4S. The quantitative estimate of drug-likeness (QED) is 0.899. The Labute approximate surface area is 145 Å². The monoisotopic (exact) mass is 350 g/mol. The van der Waals surface area contributed by atoms with Crippen molar-refractivity contribution in [1.29, 1.82) is 0 Å². The molecule has 6 nitrogen and oxygen atoms in total. The molecule has 0 bridgehead atoms. The second-order valence-corrected chi connectivity index (χ2v) is 7.23. The molecule has 130 valence electrons. The second kappa shape index (κ2) is 7.25. The third kappa shape index (κ3) is 3.72. The molecule has 0 aliphatic carbocycles. The molecule has 1 aliphatic heterocycles. The lowest BCUT2D eigenvalue weighted by molar-refractivity contribution is -0.135. The highest BCUT2D eigenvalue weighted by molar-refractivity contribution is 7.99. The second-order valence-electron chi connectivity index (χ2n) is 6.23. The average molecular weight is 350 g/mol. The maximum Gasteiger partial charge on any atom is 0.335 e. The van der Waals surface area contributed by atoms with Crippen molar-refractivity contribution >= 4 is 29.5 Å². The fourth-order valence-corrected chi connectivity index (χ4v) is 3.68. The minimum atomic E-state index is -1.07. The van der Waals surface area contributed by atoms with E-state index >= 15 is 0 Å². The molecule has 1 saturated heterocycles. The van der Waals surface area contributed by atoms with E-state index < -0.39 is 12.0 Å². The van der Waals surface area contributed by atoms with Crippen molar-refractivity contribution in [2.24, 2.45) is 0 Å². The number of carbonyl (C=O) groups excluding carboxylic acids is 2. The number of hydrogen-bond acceptors (Lipinski definition) is 4. The first kappa shape index (κ1) is 18.3. The maximum atomic E-state index is 12.8. The summed E-state index contributed by atoms with van der Waals surface area (Å²) in [7, 11) is 1.73. The summed E-state index contributed by atoms with van der Waals surface area (Å²) in [6, 6.07) is 4.09. The van der Waals surface area contributed by atoms with Crippen LogP contribution in [-0.2, 0) is 4.79 Å². The summed E-state index contributed by atoms with van der Waals surface area (Å²) in [5, 5.41) is 9.17. The number of aryl methyl sites for hydroxylation is 1. The van der Waals surface area contributed by atoms with Crippen LogP contribution in [0.3, 0.4) is 0 Å². The van der Waals surface area contributed by atoms with E-state index in [0.717, 1.165) is 0 Å². The zero-order valence-electron chi connectivity index (χ0n) is 14.3. The number of benzene rings is 1. The summed E-state index contributed by atoms with van der Waals surface area (Å²) in [5.41, 5.74) is 1.08. The van der Waals surface area contributed by atoms with Crippen LogP contribution in [0.4, 0.5) is 0 Å². The van der Waals surface area contributed by atoms with Gasteiger partial charge in [-0.1, -0.05) is 0 Å². The van der Waals surface area contributed by atoms with Crippen molar-refractivity contribution in [1.82, 2.24) is 9.80 Å². The minimum Gasteiger partial charge on any atom is -0.478 e. The van der Waals surface area contributed by atoms with Crippen LogP contribution in [0.15, 0.2) is 18.2 Å². The third-order valence-electron chi connectivity index (χ3n) is 4.12. The molecule has 2 rings (SSSR count). The predicted octanol–water partition coefficient (Wildman–Crippen LogP) is 2.08. The molecule has 2 amide bonds. The van der Waals surface area contributed by atoms with Gasteiger partial charge in [0, 0.05) is 24.4 Å². The van der Waals surface area contributed by atoms with Gasteiger partial charge in [0.15, 0.2) is 0 Å². The lowest BCUT2D eigenvalue weighted by Crippen LogP contribution is -2.49. The summed E-state index contributed by atoms with van der Waals surface area (Å²) in [6.45, 7) is 5.59. The van der Waals surface area contributed by atoms with Gasteiger partial charge in [-0.2, -0.15) is 0 Å². The number of amides is 2. The van der Waals surface area contributed by atoms with Crippen molar-refractivity contribution in [3.8, 4) is 0 Å². The summed E-state index contributed by atoms with van der Waals surface area (Å²) in [5.74, 6) is -0.483. The van der Waals surface area contributed by atoms with E-state index in [1.54, 1.807) is 24.9 Å². The molecule has 1 aromatic carbocycles. The minimum absolute atomic E-state index is 0.0534. The molecule has 1 aromatic rings. The molecule has 7 heteroatoms. The van der Waals surface area contributed by atoms with Crippen molar-refractivity contribution in [2.75, 3.05) is 18.7 Å². The fraction of sp³-hybridized carbons (Fsp3) is 0.471. The Hall–Kier alpha value is -2.02. The van der Waals surface area contributed by atoms with Gasteiger partial charge in [-0.3, -0.25) is 9.59 Å². The topological polar surface area (TPSA) is 77.9 Å². The summed E-state index contributed by atoms with van der Waals surface area (Å²) < 4.78 is 0. The van der Waals surface area contributed by atoms with Crippen molar-refractivity contribution in [3.05, 3.63) is 34.9 Å². The molecule has 1 aliphatic rings. The Balaban J connectivity index is 2.28. The highest BCUT2D eigenvalue weighted by Crippen LogP contribution is 2.25. The normalized spacial score (nSPS) is 17.2. The number of nitrogens with zero attached hydrogens (tertiary/aromatic N) is 2. The number of hydrogen-bond donors (Lipinski definition) is 1. The predicted molar refractivity (Wildman–Crippen MR) is 93.3 cm³/mol. The van der Waals surface area contributed by atoms with Crippen LogP contribution in [0, 0.1) is 6.92 Å². The van der Waals surface area contributed by atoms with Gasteiger partial charge >= 0.3 is 5.97 Å². The Kier molecular flexibility index (Phi) is 5.54. The van der Waals surface area contributed by atoms with Gasteiger partial charge in [-0.25, -0.2) is 4.79 Å². The van der Waals surface area contributed by atoms with Crippen molar-refractivity contribution < 1.29 is 19.5 Å². The van der Waals surface area contributed by atoms with Crippen molar-refractivity contribution in [3.63, 3.8) is 0 Å². The van der Waals surface area contributed by atoms with E-state index in [1.165, 1.54) is 28.8 Å². The van der Waals surface area contributed by atoms with E-state index in [-0.39, 0.29) is 23.4 Å². The summed E-state index contributed by atoms with van der Waals surface area (Å²) in [6.07, 6.45) is 0. The van der Waals surface area contributed by atoms with E-state index in [0.29, 0.717) is 22.8 Å². The molecule has 1 atom stereocenters. The molecule has 0 spiro atoms. The maximum absolute atomic E-state index is 12.8. The van der Waals surface area contributed by atoms with Crippen LogP contribution in [0.1, 0.15) is 40.1 Å². The average Bonchev–Trinajstić information content (AvgIpc) is 3.01. The first-order valence-electron chi connectivity index (χ1n) is 7.72. The molecule has 1 unspecified atom stereocenters. The summed E-state index contributed by atoms with van der Waals surface area (Å²) >= 11 is 1.53. The number of thioether (sulfide) groups is 1. The first-order valence-corrected chi connectivity index (χ1v) is 8.88. The highest BCUT2D eigenvalue weighted by Gasteiger charge is 2.37. The molecule has 0 radical (unpaired) electrons. The fourth-order valence-electron chi connectivity index (χ4n) is 2.53. The molecule has 0 aromatic heterocycles. The smallest absolute Gasteiger partial charge is 0.335 e. The molecule has 0 saturated carbocycles. The largest absolute Gasteiger partial charge is 0.478 e. The number of aromatic carboxylic acids is 1. The van der Waals surface area contributed by atoms with Crippen LogP contribution in [-0.4, -0.2) is 63.5 Å². The van der Waals surface area contributed by atoms with E-state index in [2.05, 4.69) is 0 Å². The number of likely N-dealkylation sites (N-methyl/N-ethyl adjacent to an activating group) is 1. The lowest BCUT2D eigenvalue weighted by atomic mass is 10.0. The Morgan fingerprint density at radius 1 is 1.25 bits per heavy atom. The van der Waals surface area contributed by atoms with Gasteiger partial charge in [0.25, 0.3) is 5.91 Å².